The van der Waals surface area contributed by atoms with Crippen LogP contribution in [0.5, 0.6) is 0 Å². The first kappa shape index (κ1) is 14.3. The summed E-state index contributed by atoms with van der Waals surface area (Å²) in [7, 11) is 0. The first-order valence-electron chi connectivity index (χ1n) is 5.92. The van der Waals surface area contributed by atoms with E-state index in [9.17, 15) is 18.0 Å². The molecular weight excluding hydrogens is 271 g/mol. The van der Waals surface area contributed by atoms with Crippen LogP contribution in [0.25, 0.3) is 0 Å². The molecule has 0 bridgehead atoms. The Kier molecular flexibility index (Phi) is 3.65. The number of carboxylic acid groups (broad SMARTS) is 1. The van der Waals surface area contributed by atoms with Gasteiger partial charge in [-0.05, 0) is 24.6 Å². The molecule has 0 aliphatic carbocycles. The van der Waals surface area contributed by atoms with Crippen LogP contribution >= 0.6 is 0 Å². The Bertz CT molecular complexity index is 603. The second kappa shape index (κ2) is 5.11. The lowest BCUT2D eigenvalue weighted by atomic mass is 9.94. The molecule has 2 rings (SSSR count). The number of carbonyl (C=O) groups is 1. The summed E-state index contributed by atoms with van der Waals surface area (Å²) in [5.41, 5.74) is -0.242. The molecule has 106 valence electrons. The second-order valence-corrected chi connectivity index (χ2v) is 4.57. The van der Waals surface area contributed by atoms with Crippen LogP contribution in [0.1, 0.15) is 30.5 Å². The predicted octanol–water partition coefficient (Wildman–Crippen LogP) is 3.62. The topological polar surface area (TPSA) is 49.7 Å². The number of hydrogen-bond donors (Lipinski definition) is 1. The first-order chi connectivity index (χ1) is 9.29. The van der Waals surface area contributed by atoms with E-state index in [-0.39, 0.29) is 17.6 Å². The number of rotatable bonds is 2. The molecule has 0 radical (unpaired) electrons. The zero-order valence-corrected chi connectivity index (χ0v) is 10.6. The molecule has 1 aliphatic heterocycles. The Labute approximate surface area is 113 Å². The number of dihydropyridines is 1. The summed E-state index contributed by atoms with van der Waals surface area (Å²) < 4.78 is 38.9. The molecule has 1 heterocycles. The number of aliphatic carboxylic acids is 1. The van der Waals surface area contributed by atoms with E-state index >= 15 is 0 Å². The van der Waals surface area contributed by atoms with Gasteiger partial charge in [0.25, 0.3) is 0 Å². The maximum atomic E-state index is 13.0. The Balaban J connectivity index is 2.51. The van der Waals surface area contributed by atoms with E-state index in [1.165, 1.54) is 24.3 Å². The number of halogens is 3. The van der Waals surface area contributed by atoms with E-state index in [1.54, 1.807) is 6.92 Å². The number of alkyl halides is 3. The van der Waals surface area contributed by atoms with Crippen LogP contribution < -0.4 is 0 Å². The molecule has 3 nitrogen and oxygen atoms in total. The van der Waals surface area contributed by atoms with Crippen molar-refractivity contribution >= 4 is 11.7 Å². The van der Waals surface area contributed by atoms with E-state index in [2.05, 4.69) is 4.99 Å². The fraction of sp³-hybridized carbons (Fsp3) is 0.286. The average Bonchev–Trinajstić information content (AvgIpc) is 2.37. The lowest BCUT2D eigenvalue weighted by Crippen LogP contribution is -2.16. The Morgan fingerprint density at radius 1 is 1.35 bits per heavy atom. The molecule has 1 atom stereocenters. The lowest BCUT2D eigenvalue weighted by molar-refractivity contribution is -0.138. The average molecular weight is 283 g/mol. The van der Waals surface area contributed by atoms with Crippen LogP contribution in [0, 0.1) is 0 Å². The molecule has 0 saturated carbocycles. The van der Waals surface area contributed by atoms with E-state index in [0.29, 0.717) is 5.71 Å². The van der Waals surface area contributed by atoms with Gasteiger partial charge < -0.3 is 5.11 Å². The van der Waals surface area contributed by atoms with Crippen molar-refractivity contribution in [2.24, 2.45) is 4.99 Å². The molecule has 1 unspecified atom stereocenters. The molecule has 0 spiro atoms. The van der Waals surface area contributed by atoms with Gasteiger partial charge in [-0.1, -0.05) is 18.2 Å². The summed E-state index contributed by atoms with van der Waals surface area (Å²) in [6.07, 6.45) is -3.06. The maximum Gasteiger partial charge on any atom is 0.416 e. The quantitative estimate of drug-likeness (QED) is 0.901. The van der Waals surface area contributed by atoms with Gasteiger partial charge in [0, 0.05) is 17.7 Å². The van der Waals surface area contributed by atoms with Gasteiger partial charge in [-0.2, -0.15) is 13.2 Å². The van der Waals surface area contributed by atoms with Crippen molar-refractivity contribution in [3.05, 3.63) is 47.0 Å². The van der Waals surface area contributed by atoms with E-state index in [0.717, 1.165) is 6.07 Å². The van der Waals surface area contributed by atoms with Crippen molar-refractivity contribution in [2.45, 2.75) is 25.6 Å². The molecule has 1 aromatic rings. The van der Waals surface area contributed by atoms with Crippen LogP contribution in [0.3, 0.4) is 0 Å². The van der Waals surface area contributed by atoms with Gasteiger partial charge in [0.15, 0.2) is 0 Å². The van der Waals surface area contributed by atoms with Gasteiger partial charge in [-0.3, -0.25) is 4.99 Å². The van der Waals surface area contributed by atoms with Gasteiger partial charge in [0.1, 0.15) is 0 Å². The van der Waals surface area contributed by atoms with Crippen molar-refractivity contribution in [3.8, 4) is 0 Å². The summed E-state index contributed by atoms with van der Waals surface area (Å²) in [5, 5.41) is 9.00. The van der Waals surface area contributed by atoms with Gasteiger partial charge >= 0.3 is 12.1 Å². The molecule has 1 aliphatic rings. The Morgan fingerprint density at radius 2 is 2.00 bits per heavy atom. The highest BCUT2D eigenvalue weighted by Crippen LogP contribution is 2.37. The summed E-state index contributed by atoms with van der Waals surface area (Å²) in [6, 6.07) is 4.17. The highest BCUT2D eigenvalue weighted by Gasteiger charge is 2.35. The third-order valence-electron chi connectivity index (χ3n) is 3.02. The largest absolute Gasteiger partial charge is 0.478 e. The Morgan fingerprint density at radius 3 is 2.60 bits per heavy atom. The van der Waals surface area contributed by atoms with E-state index in [1.807, 2.05) is 0 Å². The maximum absolute atomic E-state index is 13.0. The molecule has 20 heavy (non-hydrogen) atoms. The zero-order valence-electron chi connectivity index (χ0n) is 10.6. The molecule has 0 fully saturated rings. The van der Waals surface area contributed by atoms with Crippen LogP contribution in [0.15, 0.2) is 40.9 Å². The van der Waals surface area contributed by atoms with Crippen molar-refractivity contribution in [3.63, 3.8) is 0 Å². The standard InChI is InChI=1S/C14H12F3NO2/c1-8-6-9(13(19)20)7-12(18-8)10-4-2-3-5-11(10)14(15,16)17/h2-5,7,12H,6H2,1H3,(H,19,20). The summed E-state index contributed by atoms with van der Waals surface area (Å²) in [6.45, 7) is 1.61. The molecule has 0 aromatic heterocycles. The smallest absolute Gasteiger partial charge is 0.416 e. The van der Waals surface area contributed by atoms with Crippen LogP contribution in [-0.4, -0.2) is 16.8 Å². The molecule has 6 heteroatoms. The minimum Gasteiger partial charge on any atom is -0.478 e. The summed E-state index contributed by atoms with van der Waals surface area (Å²) >= 11 is 0. The van der Waals surface area contributed by atoms with Crippen molar-refractivity contribution in [1.29, 1.82) is 0 Å². The fourth-order valence-corrected chi connectivity index (χ4v) is 2.16. The van der Waals surface area contributed by atoms with Gasteiger partial charge in [-0.15, -0.1) is 0 Å². The van der Waals surface area contributed by atoms with E-state index in [4.69, 9.17) is 5.11 Å². The zero-order chi connectivity index (χ0) is 14.9. The van der Waals surface area contributed by atoms with Crippen LogP contribution in [0.2, 0.25) is 0 Å². The van der Waals surface area contributed by atoms with Gasteiger partial charge in [0.05, 0.1) is 11.6 Å². The SMILES string of the molecule is CC1=NC(c2ccccc2C(F)(F)F)C=C(C(=O)O)C1. The minimum atomic E-state index is -4.49. The molecular formula is C14H12F3NO2. The van der Waals surface area contributed by atoms with Crippen molar-refractivity contribution in [2.75, 3.05) is 0 Å². The summed E-state index contributed by atoms with van der Waals surface area (Å²) in [4.78, 5) is 15.1. The highest BCUT2D eigenvalue weighted by atomic mass is 19.4. The van der Waals surface area contributed by atoms with Crippen LogP contribution in [-0.2, 0) is 11.0 Å². The molecule has 0 amide bonds. The predicted molar refractivity (Wildman–Crippen MR) is 67.6 cm³/mol. The molecule has 0 saturated heterocycles. The molecule has 1 N–H and O–H groups in total. The van der Waals surface area contributed by atoms with Gasteiger partial charge in [0.2, 0.25) is 0 Å². The third-order valence-corrected chi connectivity index (χ3v) is 3.02. The van der Waals surface area contributed by atoms with Crippen molar-refractivity contribution in [1.82, 2.24) is 0 Å². The number of aliphatic imine (C=N–C) groups is 1. The summed E-state index contributed by atoms with van der Waals surface area (Å²) in [5.74, 6) is -1.13. The third kappa shape index (κ3) is 2.89. The van der Waals surface area contributed by atoms with Crippen LogP contribution in [0.4, 0.5) is 13.2 Å². The lowest BCUT2D eigenvalue weighted by Gasteiger charge is -2.20. The normalized spacial score (nSPS) is 19.3. The molecule has 1 aromatic carbocycles. The van der Waals surface area contributed by atoms with Gasteiger partial charge in [-0.25, -0.2) is 4.79 Å². The minimum absolute atomic E-state index is 0.0298. The monoisotopic (exact) mass is 283 g/mol. The highest BCUT2D eigenvalue weighted by molar-refractivity contribution is 5.97. The Hall–Kier alpha value is -2.11. The number of carboxylic acids is 1. The first-order valence-corrected chi connectivity index (χ1v) is 5.92. The van der Waals surface area contributed by atoms with E-state index < -0.39 is 23.8 Å². The number of nitrogens with zero attached hydrogens (tertiary/aromatic N) is 1. The number of hydrogen-bond acceptors (Lipinski definition) is 2. The second-order valence-electron chi connectivity index (χ2n) is 4.57. The number of benzene rings is 1. The fourth-order valence-electron chi connectivity index (χ4n) is 2.16. The van der Waals surface area contributed by atoms with Crippen molar-refractivity contribution < 1.29 is 23.1 Å².